The predicted molar refractivity (Wildman–Crippen MR) is 91.4 cm³/mol. The number of aromatic carboxylic acids is 1. The normalized spacial score (nSPS) is 10.2. The van der Waals surface area contributed by atoms with E-state index in [1.54, 1.807) is 24.3 Å². The lowest BCUT2D eigenvalue weighted by molar-refractivity contribution is -0.121. The molecule has 1 amide bonds. The van der Waals surface area contributed by atoms with Crippen molar-refractivity contribution in [2.45, 2.75) is 19.8 Å². The van der Waals surface area contributed by atoms with Crippen LogP contribution < -0.4 is 10.1 Å². The number of amides is 1. The molecule has 0 heterocycles. The monoisotopic (exact) mass is 327 g/mol. The summed E-state index contributed by atoms with van der Waals surface area (Å²) in [5.41, 5.74) is 1.96. The van der Waals surface area contributed by atoms with E-state index in [2.05, 4.69) is 5.32 Å². The molecule has 2 rings (SSSR count). The summed E-state index contributed by atoms with van der Waals surface area (Å²) in [5.74, 6) is -0.289. The van der Waals surface area contributed by atoms with Crippen LogP contribution in [0.3, 0.4) is 0 Å². The van der Waals surface area contributed by atoms with Gasteiger partial charge in [-0.15, -0.1) is 0 Å². The van der Waals surface area contributed by atoms with Crippen molar-refractivity contribution >= 4 is 11.9 Å². The number of para-hydroxylation sites is 1. The molecule has 2 aromatic rings. The van der Waals surface area contributed by atoms with Crippen molar-refractivity contribution in [3.8, 4) is 5.75 Å². The topological polar surface area (TPSA) is 75.6 Å². The molecule has 0 bridgehead atoms. The molecular formula is C19H21NO4. The van der Waals surface area contributed by atoms with E-state index >= 15 is 0 Å². The number of carboxylic acids is 1. The van der Waals surface area contributed by atoms with Gasteiger partial charge in [-0.2, -0.15) is 0 Å². The van der Waals surface area contributed by atoms with E-state index in [4.69, 9.17) is 9.84 Å². The first-order chi connectivity index (χ1) is 11.6. The average Bonchev–Trinajstić information content (AvgIpc) is 2.58. The van der Waals surface area contributed by atoms with E-state index in [0.717, 1.165) is 11.3 Å². The summed E-state index contributed by atoms with van der Waals surface area (Å²) in [5, 5.41) is 11.9. The Hall–Kier alpha value is -2.82. The number of carbonyl (C=O) groups excluding carboxylic acids is 1. The highest BCUT2D eigenvalue weighted by atomic mass is 16.5. The van der Waals surface area contributed by atoms with Crippen molar-refractivity contribution < 1.29 is 19.4 Å². The molecule has 0 unspecified atom stereocenters. The van der Waals surface area contributed by atoms with E-state index in [9.17, 15) is 9.59 Å². The Labute approximate surface area is 141 Å². The molecular weight excluding hydrogens is 306 g/mol. The number of rotatable bonds is 8. The van der Waals surface area contributed by atoms with Crippen LogP contribution in [0.1, 0.15) is 27.9 Å². The van der Waals surface area contributed by atoms with Crippen molar-refractivity contribution in [2.24, 2.45) is 0 Å². The van der Waals surface area contributed by atoms with Crippen LogP contribution >= 0.6 is 0 Å². The molecule has 2 aromatic carbocycles. The van der Waals surface area contributed by atoms with Crippen LogP contribution in [0.15, 0.2) is 48.5 Å². The van der Waals surface area contributed by atoms with E-state index in [0.29, 0.717) is 25.1 Å². The zero-order valence-electron chi connectivity index (χ0n) is 13.6. The first kappa shape index (κ1) is 17.5. The Morgan fingerprint density at radius 3 is 2.54 bits per heavy atom. The first-order valence-electron chi connectivity index (χ1n) is 7.84. The number of carbonyl (C=O) groups is 2. The molecule has 0 saturated carbocycles. The van der Waals surface area contributed by atoms with Gasteiger partial charge < -0.3 is 15.2 Å². The van der Waals surface area contributed by atoms with Crippen molar-refractivity contribution in [2.75, 3.05) is 13.2 Å². The molecule has 0 aliphatic heterocycles. The molecule has 126 valence electrons. The Balaban J connectivity index is 1.73. The molecule has 0 aliphatic carbocycles. The largest absolute Gasteiger partial charge is 0.491 e. The minimum atomic E-state index is -0.974. The first-order valence-corrected chi connectivity index (χ1v) is 7.84. The molecule has 0 spiro atoms. The summed E-state index contributed by atoms with van der Waals surface area (Å²) < 4.78 is 5.61. The summed E-state index contributed by atoms with van der Waals surface area (Å²) in [7, 11) is 0. The second-order valence-corrected chi connectivity index (χ2v) is 5.43. The number of nitrogens with one attached hydrogen (secondary N) is 1. The Morgan fingerprint density at radius 1 is 1.08 bits per heavy atom. The lowest BCUT2D eigenvalue weighted by atomic mass is 10.0. The summed E-state index contributed by atoms with van der Waals surface area (Å²) in [6.45, 7) is 2.77. The molecule has 5 nitrogen and oxygen atoms in total. The fraction of sp³-hybridized carbons (Fsp3) is 0.263. The SMILES string of the molecule is Cc1ccccc1OCCNC(=O)CCc1ccccc1C(=O)O. The van der Waals surface area contributed by atoms with E-state index in [-0.39, 0.29) is 17.9 Å². The Bertz CT molecular complexity index is 712. The van der Waals surface area contributed by atoms with Gasteiger partial charge in [0.2, 0.25) is 5.91 Å². The van der Waals surface area contributed by atoms with Gasteiger partial charge in [-0.3, -0.25) is 4.79 Å². The molecule has 0 radical (unpaired) electrons. The van der Waals surface area contributed by atoms with E-state index < -0.39 is 5.97 Å². The number of aryl methyl sites for hydroxylation is 2. The second-order valence-electron chi connectivity index (χ2n) is 5.43. The standard InChI is InChI=1S/C19H21NO4/c1-14-6-2-5-9-17(14)24-13-12-20-18(21)11-10-15-7-3-4-8-16(15)19(22)23/h2-9H,10-13H2,1H3,(H,20,21)(H,22,23). The van der Waals surface area contributed by atoms with Gasteiger partial charge in [0.05, 0.1) is 12.1 Å². The zero-order valence-corrected chi connectivity index (χ0v) is 13.6. The van der Waals surface area contributed by atoms with Gasteiger partial charge in [0, 0.05) is 6.42 Å². The third-order valence-electron chi connectivity index (χ3n) is 3.64. The highest BCUT2D eigenvalue weighted by Gasteiger charge is 2.10. The Kier molecular flexibility index (Phi) is 6.37. The van der Waals surface area contributed by atoms with Gasteiger partial charge in [-0.1, -0.05) is 36.4 Å². The molecule has 0 aliphatic rings. The van der Waals surface area contributed by atoms with Gasteiger partial charge >= 0.3 is 5.97 Å². The maximum Gasteiger partial charge on any atom is 0.335 e. The fourth-order valence-corrected chi connectivity index (χ4v) is 2.35. The highest BCUT2D eigenvalue weighted by molar-refractivity contribution is 5.89. The summed E-state index contributed by atoms with van der Waals surface area (Å²) in [4.78, 5) is 23.0. The molecule has 24 heavy (non-hydrogen) atoms. The van der Waals surface area contributed by atoms with Crippen LogP contribution in [0, 0.1) is 6.92 Å². The smallest absolute Gasteiger partial charge is 0.335 e. The zero-order chi connectivity index (χ0) is 17.4. The van der Waals surface area contributed by atoms with Crippen LogP contribution in [-0.4, -0.2) is 30.1 Å². The highest BCUT2D eigenvalue weighted by Crippen LogP contribution is 2.15. The van der Waals surface area contributed by atoms with Gasteiger partial charge in [0.15, 0.2) is 0 Å². The molecule has 5 heteroatoms. The van der Waals surface area contributed by atoms with Crippen LogP contribution in [-0.2, 0) is 11.2 Å². The lowest BCUT2D eigenvalue weighted by Crippen LogP contribution is -2.28. The molecule has 0 fully saturated rings. The summed E-state index contributed by atoms with van der Waals surface area (Å²) >= 11 is 0. The maximum absolute atomic E-state index is 11.9. The number of carboxylic acid groups (broad SMARTS) is 1. The summed E-state index contributed by atoms with van der Waals surface area (Å²) in [6, 6.07) is 14.4. The number of ether oxygens (including phenoxy) is 1. The van der Waals surface area contributed by atoms with Gasteiger partial charge in [-0.25, -0.2) is 4.79 Å². The molecule has 0 atom stereocenters. The third-order valence-corrected chi connectivity index (χ3v) is 3.64. The molecule has 0 saturated heterocycles. The number of benzene rings is 2. The van der Waals surface area contributed by atoms with Crippen LogP contribution in [0.2, 0.25) is 0 Å². The Morgan fingerprint density at radius 2 is 1.79 bits per heavy atom. The molecule has 2 N–H and O–H groups in total. The van der Waals surface area contributed by atoms with Crippen molar-refractivity contribution in [1.82, 2.24) is 5.32 Å². The van der Waals surface area contributed by atoms with Gasteiger partial charge in [0.25, 0.3) is 0 Å². The van der Waals surface area contributed by atoms with E-state index in [1.165, 1.54) is 0 Å². The van der Waals surface area contributed by atoms with Crippen molar-refractivity contribution in [3.63, 3.8) is 0 Å². The number of hydrogen-bond acceptors (Lipinski definition) is 3. The minimum Gasteiger partial charge on any atom is -0.491 e. The second kappa shape index (κ2) is 8.72. The minimum absolute atomic E-state index is 0.122. The van der Waals surface area contributed by atoms with Gasteiger partial charge in [0.1, 0.15) is 12.4 Å². The quantitative estimate of drug-likeness (QED) is 0.731. The van der Waals surface area contributed by atoms with Crippen LogP contribution in [0.25, 0.3) is 0 Å². The summed E-state index contributed by atoms with van der Waals surface area (Å²) in [6.07, 6.45) is 0.640. The predicted octanol–water partition coefficient (Wildman–Crippen LogP) is 2.82. The van der Waals surface area contributed by atoms with Crippen molar-refractivity contribution in [1.29, 1.82) is 0 Å². The number of hydrogen-bond donors (Lipinski definition) is 2. The maximum atomic E-state index is 11.9. The average molecular weight is 327 g/mol. The molecule has 0 aromatic heterocycles. The van der Waals surface area contributed by atoms with Crippen molar-refractivity contribution in [3.05, 3.63) is 65.2 Å². The lowest BCUT2D eigenvalue weighted by Gasteiger charge is -2.10. The third kappa shape index (κ3) is 5.12. The van der Waals surface area contributed by atoms with E-state index in [1.807, 2.05) is 31.2 Å². The van der Waals surface area contributed by atoms with Crippen LogP contribution in [0.5, 0.6) is 5.75 Å². The van der Waals surface area contributed by atoms with Crippen LogP contribution in [0.4, 0.5) is 0 Å². The van der Waals surface area contributed by atoms with Gasteiger partial charge in [-0.05, 0) is 36.6 Å². The fourth-order valence-electron chi connectivity index (χ4n) is 2.35.